The zero-order chi connectivity index (χ0) is 10.7. The van der Waals surface area contributed by atoms with E-state index in [1.165, 1.54) is 0 Å². The van der Waals surface area contributed by atoms with Gasteiger partial charge in [0.05, 0.1) is 6.61 Å². The van der Waals surface area contributed by atoms with Crippen LogP contribution in [0.4, 0.5) is 5.82 Å². The highest BCUT2D eigenvalue weighted by Crippen LogP contribution is 2.15. The second-order valence-corrected chi connectivity index (χ2v) is 2.97. The molecule has 0 bridgehead atoms. The largest absolute Gasteiger partial charge is 0.384 e. The molecule has 2 rings (SSSR count). The highest BCUT2D eigenvalue weighted by molar-refractivity contribution is 5.51. The Balaban J connectivity index is 2.13. The van der Waals surface area contributed by atoms with Crippen LogP contribution in [0.15, 0.2) is 10.6 Å². The van der Waals surface area contributed by atoms with Crippen LogP contribution in [0.3, 0.4) is 0 Å². The minimum Gasteiger partial charge on any atom is -0.384 e. The average Bonchev–Trinajstić information content (AvgIpc) is 2.83. The van der Waals surface area contributed by atoms with Crippen LogP contribution in [0, 0.1) is 0 Å². The lowest BCUT2D eigenvalue weighted by Crippen LogP contribution is -1.96. The molecular formula is C8H11N5O2. The first-order valence-electron chi connectivity index (χ1n) is 4.42. The van der Waals surface area contributed by atoms with Gasteiger partial charge in [-0.05, 0) is 0 Å². The minimum atomic E-state index is 0.380. The monoisotopic (exact) mass is 209 g/mol. The fourth-order valence-electron chi connectivity index (χ4n) is 1.11. The first kappa shape index (κ1) is 9.66. The van der Waals surface area contributed by atoms with Gasteiger partial charge in [0.25, 0.3) is 5.89 Å². The van der Waals surface area contributed by atoms with E-state index in [9.17, 15) is 0 Å². The topological polar surface area (TPSA) is 103 Å². The summed E-state index contributed by atoms with van der Waals surface area (Å²) in [7, 11) is 1.62. The molecule has 0 saturated carbocycles. The van der Waals surface area contributed by atoms with Crippen molar-refractivity contribution in [2.24, 2.45) is 0 Å². The summed E-state index contributed by atoms with van der Waals surface area (Å²) in [5, 5.41) is 10.2. The van der Waals surface area contributed by atoms with E-state index in [2.05, 4.69) is 20.3 Å². The van der Waals surface area contributed by atoms with Crippen molar-refractivity contribution in [3.63, 3.8) is 0 Å². The Morgan fingerprint density at radius 1 is 1.60 bits per heavy atom. The summed E-state index contributed by atoms with van der Waals surface area (Å²) in [5.41, 5.74) is 6.07. The fourth-order valence-corrected chi connectivity index (χ4v) is 1.11. The molecule has 80 valence electrons. The maximum atomic E-state index is 5.45. The van der Waals surface area contributed by atoms with E-state index in [0.29, 0.717) is 36.3 Å². The lowest BCUT2D eigenvalue weighted by atomic mass is 10.4. The van der Waals surface area contributed by atoms with Gasteiger partial charge in [0.2, 0.25) is 0 Å². The number of nitrogens with one attached hydrogen (secondary N) is 1. The second-order valence-electron chi connectivity index (χ2n) is 2.97. The Kier molecular flexibility index (Phi) is 2.64. The number of aromatic amines is 1. The number of aromatic nitrogens is 4. The summed E-state index contributed by atoms with van der Waals surface area (Å²) in [6.07, 6.45) is 0.615. The zero-order valence-electron chi connectivity index (χ0n) is 8.23. The molecule has 2 heterocycles. The van der Waals surface area contributed by atoms with Gasteiger partial charge in [-0.1, -0.05) is 5.16 Å². The first-order chi connectivity index (χ1) is 7.29. The van der Waals surface area contributed by atoms with Crippen molar-refractivity contribution in [1.82, 2.24) is 20.3 Å². The Bertz CT molecular complexity index is 436. The van der Waals surface area contributed by atoms with Crippen LogP contribution in [0.25, 0.3) is 11.6 Å². The second kappa shape index (κ2) is 4.09. The third kappa shape index (κ3) is 2.13. The van der Waals surface area contributed by atoms with Crippen LogP contribution in [0.1, 0.15) is 5.82 Å². The molecule has 0 spiro atoms. The van der Waals surface area contributed by atoms with Gasteiger partial charge in [-0.2, -0.15) is 10.1 Å². The van der Waals surface area contributed by atoms with Crippen LogP contribution in [-0.4, -0.2) is 34.1 Å². The van der Waals surface area contributed by atoms with E-state index in [1.807, 2.05) is 0 Å². The number of ether oxygens (including phenoxy) is 1. The van der Waals surface area contributed by atoms with Gasteiger partial charge >= 0.3 is 0 Å². The van der Waals surface area contributed by atoms with Gasteiger partial charge in [0.15, 0.2) is 5.82 Å². The summed E-state index contributed by atoms with van der Waals surface area (Å²) >= 11 is 0. The lowest BCUT2D eigenvalue weighted by molar-refractivity contribution is 0.199. The number of hydrogen-bond donors (Lipinski definition) is 2. The summed E-state index contributed by atoms with van der Waals surface area (Å²) in [6, 6.07) is 1.63. The summed E-state index contributed by atoms with van der Waals surface area (Å²) in [4.78, 5) is 4.15. The fraction of sp³-hybridized carbons (Fsp3) is 0.375. The quantitative estimate of drug-likeness (QED) is 0.747. The Morgan fingerprint density at radius 3 is 3.13 bits per heavy atom. The van der Waals surface area contributed by atoms with E-state index in [4.69, 9.17) is 15.0 Å². The van der Waals surface area contributed by atoms with Crippen LogP contribution < -0.4 is 5.73 Å². The third-order valence-corrected chi connectivity index (χ3v) is 1.83. The maximum absolute atomic E-state index is 5.45. The minimum absolute atomic E-state index is 0.380. The molecule has 7 nitrogen and oxygen atoms in total. The van der Waals surface area contributed by atoms with Gasteiger partial charge in [0, 0.05) is 19.6 Å². The van der Waals surface area contributed by atoms with Crippen molar-refractivity contribution >= 4 is 5.82 Å². The summed E-state index contributed by atoms with van der Waals surface area (Å²) < 4.78 is 9.92. The van der Waals surface area contributed by atoms with Crippen LogP contribution in [0.2, 0.25) is 0 Å². The van der Waals surface area contributed by atoms with E-state index < -0.39 is 0 Å². The van der Waals surface area contributed by atoms with Gasteiger partial charge < -0.3 is 15.0 Å². The lowest BCUT2D eigenvalue weighted by Gasteiger charge is -1.90. The number of rotatable bonds is 4. The van der Waals surface area contributed by atoms with E-state index in [-0.39, 0.29) is 0 Å². The van der Waals surface area contributed by atoms with Crippen LogP contribution in [-0.2, 0) is 11.2 Å². The van der Waals surface area contributed by atoms with Gasteiger partial charge in [-0.15, -0.1) is 0 Å². The number of nitrogens with zero attached hydrogens (tertiary/aromatic N) is 3. The number of H-pyrrole nitrogens is 1. The predicted molar refractivity (Wildman–Crippen MR) is 51.9 cm³/mol. The number of methoxy groups -OCH3 is 1. The molecule has 15 heavy (non-hydrogen) atoms. The molecular weight excluding hydrogens is 198 g/mol. The molecule has 2 aromatic heterocycles. The molecule has 0 amide bonds. The molecule has 0 saturated heterocycles. The molecule has 0 aliphatic carbocycles. The number of anilines is 1. The molecule has 0 aromatic carbocycles. The van der Waals surface area contributed by atoms with Crippen molar-refractivity contribution in [3.8, 4) is 11.6 Å². The standard InChI is InChI=1S/C8H11N5O2/c1-14-3-2-7-10-8(15-13-7)5-4-6(9)12-11-5/h4H,2-3H2,1H3,(H3,9,11,12). The van der Waals surface area contributed by atoms with E-state index in [1.54, 1.807) is 13.2 Å². The van der Waals surface area contributed by atoms with Crippen LogP contribution in [0.5, 0.6) is 0 Å². The number of nitrogen functional groups attached to an aromatic ring is 1. The van der Waals surface area contributed by atoms with Gasteiger partial charge in [-0.25, -0.2) is 0 Å². The van der Waals surface area contributed by atoms with Crippen molar-refractivity contribution in [2.45, 2.75) is 6.42 Å². The highest BCUT2D eigenvalue weighted by atomic mass is 16.5. The van der Waals surface area contributed by atoms with Crippen molar-refractivity contribution in [1.29, 1.82) is 0 Å². The number of nitrogens with two attached hydrogens (primary N) is 1. The molecule has 0 unspecified atom stereocenters. The Hall–Kier alpha value is -1.89. The molecule has 3 N–H and O–H groups in total. The molecule has 0 aliphatic heterocycles. The Morgan fingerprint density at radius 2 is 2.47 bits per heavy atom. The zero-order valence-corrected chi connectivity index (χ0v) is 8.23. The smallest absolute Gasteiger partial charge is 0.276 e. The molecule has 0 atom stereocenters. The van der Waals surface area contributed by atoms with Crippen molar-refractivity contribution < 1.29 is 9.26 Å². The Labute approximate surface area is 85.6 Å². The average molecular weight is 209 g/mol. The molecule has 2 aromatic rings. The predicted octanol–water partition coefficient (Wildman–Crippen LogP) is 0.231. The maximum Gasteiger partial charge on any atom is 0.276 e. The molecule has 0 aliphatic rings. The molecule has 7 heteroatoms. The summed E-state index contributed by atoms with van der Waals surface area (Å²) in [5.74, 6) is 1.37. The van der Waals surface area contributed by atoms with Gasteiger partial charge in [0.1, 0.15) is 11.5 Å². The van der Waals surface area contributed by atoms with Crippen LogP contribution >= 0.6 is 0 Å². The SMILES string of the molecule is COCCc1noc(-c2cc(N)n[nH]2)n1. The highest BCUT2D eigenvalue weighted by Gasteiger charge is 2.10. The summed E-state index contributed by atoms with van der Waals surface area (Å²) in [6.45, 7) is 0.560. The van der Waals surface area contributed by atoms with Crippen molar-refractivity contribution in [3.05, 3.63) is 11.9 Å². The third-order valence-electron chi connectivity index (χ3n) is 1.83. The molecule has 0 fully saturated rings. The first-order valence-corrected chi connectivity index (χ1v) is 4.42. The number of hydrogen-bond acceptors (Lipinski definition) is 6. The molecule has 0 radical (unpaired) electrons. The van der Waals surface area contributed by atoms with Crippen molar-refractivity contribution in [2.75, 3.05) is 19.5 Å². The van der Waals surface area contributed by atoms with Gasteiger partial charge in [-0.3, -0.25) is 5.10 Å². The van der Waals surface area contributed by atoms with E-state index >= 15 is 0 Å². The normalized spacial score (nSPS) is 10.7. The van der Waals surface area contributed by atoms with E-state index in [0.717, 1.165) is 0 Å².